The summed E-state index contributed by atoms with van der Waals surface area (Å²) >= 11 is 0.788. The van der Waals surface area contributed by atoms with Crippen molar-refractivity contribution < 1.29 is 23.3 Å². The van der Waals surface area contributed by atoms with Crippen molar-refractivity contribution in [2.45, 2.75) is 13.5 Å². The van der Waals surface area contributed by atoms with Gasteiger partial charge in [-0.1, -0.05) is 24.3 Å². The molecule has 2 amide bonds. The van der Waals surface area contributed by atoms with Gasteiger partial charge in [-0.15, -0.1) is 0 Å². The molecule has 0 bridgehead atoms. The van der Waals surface area contributed by atoms with E-state index in [-0.39, 0.29) is 17.1 Å². The lowest BCUT2D eigenvalue weighted by Crippen LogP contribution is -2.27. The van der Waals surface area contributed by atoms with Gasteiger partial charge in [-0.05, 0) is 48.5 Å². The van der Waals surface area contributed by atoms with Crippen molar-refractivity contribution in [3.8, 4) is 11.3 Å². The monoisotopic (exact) mass is 438 g/mol. The zero-order valence-electron chi connectivity index (χ0n) is 16.2. The molecule has 9 heteroatoms. The van der Waals surface area contributed by atoms with Gasteiger partial charge in [0, 0.05) is 23.3 Å². The standard InChI is InChI=1S/C22H15FN2O5S/c1-13-2-5-15(10-18(13)25(28)29)19-9-8-17(30-19)11-20-21(26)24(22(27)31-20)12-14-3-6-16(23)7-4-14/h2-11H,12H2,1H3/b20-11-. The smallest absolute Gasteiger partial charge is 0.293 e. The van der Waals surface area contributed by atoms with Crippen LogP contribution in [-0.4, -0.2) is 21.0 Å². The molecular weight excluding hydrogens is 423 g/mol. The SMILES string of the molecule is Cc1ccc(-c2ccc(/C=C3\SC(=O)N(Cc4ccc(F)cc4)C3=O)o2)cc1[N+](=O)[O-]. The molecule has 156 valence electrons. The van der Waals surface area contributed by atoms with Gasteiger partial charge in [0.25, 0.3) is 16.8 Å². The maximum atomic E-state index is 13.1. The van der Waals surface area contributed by atoms with E-state index in [1.807, 2.05) is 0 Å². The van der Waals surface area contributed by atoms with Crippen molar-refractivity contribution in [1.82, 2.24) is 4.90 Å². The van der Waals surface area contributed by atoms with Crippen molar-refractivity contribution in [3.63, 3.8) is 0 Å². The molecule has 0 atom stereocenters. The lowest BCUT2D eigenvalue weighted by molar-refractivity contribution is -0.385. The number of imide groups is 1. The van der Waals surface area contributed by atoms with Gasteiger partial charge < -0.3 is 4.42 Å². The van der Waals surface area contributed by atoms with Crippen LogP contribution in [0.25, 0.3) is 17.4 Å². The molecule has 0 spiro atoms. The zero-order valence-corrected chi connectivity index (χ0v) is 17.0. The molecule has 1 aliphatic rings. The quantitative estimate of drug-likeness (QED) is 0.295. The first-order valence-electron chi connectivity index (χ1n) is 9.17. The minimum absolute atomic E-state index is 0.0163. The average Bonchev–Trinajstić information content (AvgIpc) is 3.30. The molecular formula is C22H15FN2O5S. The van der Waals surface area contributed by atoms with Crippen LogP contribution < -0.4 is 0 Å². The molecule has 4 rings (SSSR count). The first kappa shape index (κ1) is 20.5. The summed E-state index contributed by atoms with van der Waals surface area (Å²) in [5.74, 6) is -0.126. The largest absolute Gasteiger partial charge is 0.457 e. The number of benzene rings is 2. The second kappa shape index (κ2) is 8.19. The highest BCUT2D eigenvalue weighted by molar-refractivity contribution is 8.18. The Morgan fingerprint density at radius 3 is 2.58 bits per heavy atom. The second-order valence-electron chi connectivity index (χ2n) is 6.85. The van der Waals surface area contributed by atoms with Crippen LogP contribution >= 0.6 is 11.8 Å². The molecule has 1 fully saturated rings. The van der Waals surface area contributed by atoms with Crippen molar-refractivity contribution in [2.75, 3.05) is 0 Å². The fraction of sp³-hybridized carbons (Fsp3) is 0.0909. The Morgan fingerprint density at radius 1 is 1.13 bits per heavy atom. The minimum atomic E-state index is -0.469. The average molecular weight is 438 g/mol. The number of furan rings is 1. The van der Waals surface area contributed by atoms with Crippen LogP contribution in [0, 0.1) is 22.9 Å². The molecule has 7 nitrogen and oxygen atoms in total. The van der Waals surface area contributed by atoms with Crippen molar-refractivity contribution in [2.24, 2.45) is 0 Å². The van der Waals surface area contributed by atoms with Gasteiger partial charge in [-0.25, -0.2) is 4.39 Å². The predicted molar refractivity (Wildman–Crippen MR) is 113 cm³/mol. The number of carbonyl (C=O) groups excluding carboxylic acids is 2. The first-order chi connectivity index (χ1) is 14.8. The molecule has 0 radical (unpaired) electrons. The van der Waals surface area contributed by atoms with E-state index in [1.165, 1.54) is 36.4 Å². The Kier molecular flexibility index (Phi) is 5.43. The number of nitrogens with zero attached hydrogens (tertiary/aromatic N) is 2. The molecule has 3 aromatic rings. The molecule has 2 aromatic carbocycles. The van der Waals surface area contributed by atoms with Crippen molar-refractivity contribution in [3.05, 3.63) is 92.3 Å². The van der Waals surface area contributed by atoms with Crippen LogP contribution in [0.2, 0.25) is 0 Å². The molecule has 2 heterocycles. The predicted octanol–water partition coefficient (Wildman–Crippen LogP) is 5.54. The number of nitro groups is 1. The van der Waals surface area contributed by atoms with Gasteiger partial charge in [-0.2, -0.15) is 0 Å². The Hall–Kier alpha value is -3.72. The van der Waals surface area contributed by atoms with Crippen LogP contribution in [0.1, 0.15) is 16.9 Å². The summed E-state index contributed by atoms with van der Waals surface area (Å²) in [6.45, 7) is 1.69. The van der Waals surface area contributed by atoms with Gasteiger partial charge in [0.2, 0.25) is 0 Å². The van der Waals surface area contributed by atoms with E-state index in [1.54, 1.807) is 31.2 Å². The molecule has 1 saturated heterocycles. The first-order valence-corrected chi connectivity index (χ1v) is 9.98. The summed E-state index contributed by atoms with van der Waals surface area (Å²) in [5.41, 5.74) is 1.68. The van der Waals surface area contributed by atoms with E-state index in [0.29, 0.717) is 28.2 Å². The summed E-state index contributed by atoms with van der Waals surface area (Å²) in [5, 5.41) is 10.7. The summed E-state index contributed by atoms with van der Waals surface area (Å²) in [7, 11) is 0. The molecule has 0 saturated carbocycles. The number of rotatable bonds is 5. The van der Waals surface area contributed by atoms with Crippen molar-refractivity contribution >= 4 is 34.7 Å². The highest BCUT2D eigenvalue weighted by Gasteiger charge is 2.35. The van der Waals surface area contributed by atoms with Crippen LogP contribution in [0.3, 0.4) is 0 Å². The summed E-state index contributed by atoms with van der Waals surface area (Å²) < 4.78 is 18.8. The molecule has 1 aliphatic heterocycles. The second-order valence-corrected chi connectivity index (χ2v) is 7.85. The molecule has 31 heavy (non-hydrogen) atoms. The summed E-state index contributed by atoms with van der Waals surface area (Å²) in [4.78, 5) is 36.9. The van der Waals surface area contributed by atoms with E-state index in [2.05, 4.69) is 0 Å². The Morgan fingerprint density at radius 2 is 1.87 bits per heavy atom. The molecule has 0 unspecified atom stereocenters. The number of hydrogen-bond acceptors (Lipinski definition) is 6. The van der Waals surface area contributed by atoms with Gasteiger partial charge in [0.15, 0.2) is 0 Å². The number of amides is 2. The fourth-order valence-electron chi connectivity index (χ4n) is 3.08. The molecule has 1 aromatic heterocycles. The third kappa shape index (κ3) is 4.26. The Balaban J connectivity index is 1.55. The third-order valence-electron chi connectivity index (χ3n) is 4.72. The number of halogens is 1. The fourth-order valence-corrected chi connectivity index (χ4v) is 3.90. The lowest BCUT2D eigenvalue weighted by atomic mass is 10.1. The van der Waals surface area contributed by atoms with E-state index >= 15 is 0 Å². The third-order valence-corrected chi connectivity index (χ3v) is 5.63. The number of nitro benzene ring substituents is 1. The van der Waals surface area contributed by atoms with E-state index in [0.717, 1.165) is 16.7 Å². The maximum Gasteiger partial charge on any atom is 0.293 e. The van der Waals surface area contributed by atoms with Gasteiger partial charge in [-0.3, -0.25) is 24.6 Å². The van der Waals surface area contributed by atoms with Gasteiger partial charge >= 0.3 is 0 Å². The van der Waals surface area contributed by atoms with Crippen LogP contribution in [-0.2, 0) is 11.3 Å². The maximum absolute atomic E-state index is 13.1. The Bertz CT molecular complexity index is 1230. The number of hydrogen-bond donors (Lipinski definition) is 0. The van der Waals surface area contributed by atoms with Crippen LogP contribution in [0.4, 0.5) is 14.9 Å². The van der Waals surface area contributed by atoms with Crippen LogP contribution in [0.15, 0.2) is 63.9 Å². The summed E-state index contributed by atoms with van der Waals surface area (Å²) in [6, 6.07) is 13.6. The lowest BCUT2D eigenvalue weighted by Gasteiger charge is -2.12. The topological polar surface area (TPSA) is 93.7 Å². The van der Waals surface area contributed by atoms with E-state index in [9.17, 15) is 24.1 Å². The normalized spacial score (nSPS) is 15.2. The zero-order chi connectivity index (χ0) is 22.1. The number of aryl methyl sites for hydroxylation is 1. The highest BCUT2D eigenvalue weighted by Crippen LogP contribution is 2.35. The number of carbonyl (C=O) groups is 2. The van der Waals surface area contributed by atoms with Crippen LogP contribution in [0.5, 0.6) is 0 Å². The van der Waals surface area contributed by atoms with Gasteiger partial charge in [0.1, 0.15) is 17.3 Å². The molecule has 0 aliphatic carbocycles. The van der Waals surface area contributed by atoms with Crippen molar-refractivity contribution in [1.29, 1.82) is 0 Å². The summed E-state index contributed by atoms with van der Waals surface area (Å²) in [6.07, 6.45) is 1.46. The van der Waals surface area contributed by atoms with Gasteiger partial charge in [0.05, 0.1) is 16.4 Å². The van der Waals surface area contributed by atoms with E-state index in [4.69, 9.17) is 4.42 Å². The highest BCUT2D eigenvalue weighted by atomic mass is 32.2. The molecule has 0 N–H and O–H groups in total. The van der Waals surface area contributed by atoms with E-state index < -0.39 is 21.9 Å². The Labute approximate surface area is 180 Å². The minimum Gasteiger partial charge on any atom is -0.457 e. The number of thioether (sulfide) groups is 1.